The molecule has 2 aromatic carbocycles. The fourth-order valence-electron chi connectivity index (χ4n) is 3.94. The van der Waals surface area contributed by atoms with Gasteiger partial charge in [0, 0.05) is 50.4 Å². The molecule has 164 valence electrons. The molecule has 2 aromatic rings. The molecule has 0 unspecified atom stereocenters. The summed E-state index contributed by atoms with van der Waals surface area (Å²) in [5.41, 5.74) is 4.67. The highest BCUT2D eigenvalue weighted by Gasteiger charge is 2.22. The summed E-state index contributed by atoms with van der Waals surface area (Å²) in [6.07, 6.45) is 0. The first-order valence-electron chi connectivity index (χ1n) is 11.0. The highest BCUT2D eigenvalue weighted by molar-refractivity contribution is 5.39. The van der Waals surface area contributed by atoms with Crippen molar-refractivity contribution in [3.63, 3.8) is 0 Å². The highest BCUT2D eigenvalue weighted by atomic mass is 16.3. The van der Waals surface area contributed by atoms with Crippen LogP contribution in [0.25, 0.3) is 0 Å². The predicted octanol–water partition coefficient (Wildman–Crippen LogP) is 5.01. The Morgan fingerprint density at radius 3 is 1.27 bits per heavy atom. The lowest BCUT2D eigenvalue weighted by molar-refractivity contribution is 0.120. The van der Waals surface area contributed by atoms with Crippen molar-refractivity contribution >= 4 is 0 Å². The van der Waals surface area contributed by atoms with Crippen molar-refractivity contribution in [1.82, 2.24) is 9.80 Å². The summed E-state index contributed by atoms with van der Waals surface area (Å²) in [5, 5.41) is 20.7. The van der Waals surface area contributed by atoms with Crippen LogP contribution >= 0.6 is 0 Å². The minimum absolute atomic E-state index is 0.0741. The van der Waals surface area contributed by atoms with E-state index in [0.29, 0.717) is 11.5 Å². The third-order valence-corrected chi connectivity index (χ3v) is 6.14. The summed E-state index contributed by atoms with van der Waals surface area (Å²) in [5.74, 6) is 0.767. The number of rotatable bonds is 4. The van der Waals surface area contributed by atoms with Gasteiger partial charge in [-0.2, -0.15) is 0 Å². The number of piperazine rings is 1. The van der Waals surface area contributed by atoms with Crippen molar-refractivity contribution in [3.05, 3.63) is 58.7 Å². The van der Waals surface area contributed by atoms with E-state index in [-0.39, 0.29) is 10.8 Å². The van der Waals surface area contributed by atoms with E-state index in [9.17, 15) is 10.2 Å². The molecule has 30 heavy (non-hydrogen) atoms. The smallest absolute Gasteiger partial charge is 0.120 e. The van der Waals surface area contributed by atoms with Gasteiger partial charge in [0.2, 0.25) is 0 Å². The average Bonchev–Trinajstić information content (AvgIpc) is 2.65. The van der Waals surface area contributed by atoms with Crippen LogP contribution in [0.5, 0.6) is 11.5 Å². The molecule has 1 fully saturated rings. The Balaban J connectivity index is 1.61. The molecule has 4 heteroatoms. The van der Waals surface area contributed by atoms with Crippen molar-refractivity contribution in [2.45, 2.75) is 65.5 Å². The maximum Gasteiger partial charge on any atom is 0.120 e. The number of phenolic OH excluding ortho intramolecular Hbond substituents is 2. The predicted molar refractivity (Wildman–Crippen MR) is 124 cm³/mol. The van der Waals surface area contributed by atoms with Crippen LogP contribution < -0.4 is 0 Å². The van der Waals surface area contributed by atoms with Crippen molar-refractivity contribution < 1.29 is 10.2 Å². The van der Waals surface area contributed by atoms with Gasteiger partial charge in [-0.25, -0.2) is 0 Å². The van der Waals surface area contributed by atoms with Gasteiger partial charge in [-0.05, 0) is 34.1 Å². The molecule has 1 saturated heterocycles. The Labute approximate surface area is 182 Å². The van der Waals surface area contributed by atoms with Gasteiger partial charge in [-0.1, -0.05) is 65.8 Å². The van der Waals surface area contributed by atoms with Crippen LogP contribution in [0.4, 0.5) is 0 Å². The molecule has 0 bridgehead atoms. The van der Waals surface area contributed by atoms with Crippen molar-refractivity contribution in [2.75, 3.05) is 26.2 Å². The first-order chi connectivity index (χ1) is 13.9. The Kier molecular flexibility index (Phi) is 6.49. The van der Waals surface area contributed by atoms with Gasteiger partial charge in [0.05, 0.1) is 0 Å². The molecule has 0 amide bonds. The number of phenols is 2. The van der Waals surface area contributed by atoms with Crippen LogP contribution in [0.3, 0.4) is 0 Å². The zero-order valence-corrected chi connectivity index (χ0v) is 19.5. The summed E-state index contributed by atoms with van der Waals surface area (Å²) in [7, 11) is 0. The summed E-state index contributed by atoms with van der Waals surface area (Å²) < 4.78 is 0. The van der Waals surface area contributed by atoms with Crippen LogP contribution in [0.1, 0.15) is 63.8 Å². The van der Waals surface area contributed by atoms with E-state index in [1.807, 2.05) is 24.3 Å². The van der Waals surface area contributed by atoms with Crippen LogP contribution in [-0.4, -0.2) is 46.2 Å². The number of aromatic hydroxyl groups is 2. The minimum atomic E-state index is 0.0741. The Bertz CT molecular complexity index is 796. The van der Waals surface area contributed by atoms with Gasteiger partial charge in [-0.3, -0.25) is 9.80 Å². The molecular weight excluding hydrogens is 372 g/mol. The quantitative estimate of drug-likeness (QED) is 0.744. The molecule has 0 aromatic heterocycles. The Morgan fingerprint density at radius 2 is 0.967 bits per heavy atom. The molecule has 0 saturated carbocycles. The Hall–Kier alpha value is -2.04. The molecule has 0 spiro atoms. The summed E-state index contributed by atoms with van der Waals surface area (Å²) in [4.78, 5) is 4.81. The van der Waals surface area contributed by atoms with Crippen LogP contribution in [0, 0.1) is 0 Å². The fraction of sp³-hybridized carbons (Fsp3) is 0.538. The summed E-state index contributed by atoms with van der Waals surface area (Å²) in [6, 6.07) is 12.0. The lowest BCUT2D eigenvalue weighted by atomic mass is 9.86. The zero-order valence-electron chi connectivity index (χ0n) is 19.5. The van der Waals surface area contributed by atoms with E-state index < -0.39 is 0 Å². The van der Waals surface area contributed by atoms with Gasteiger partial charge < -0.3 is 10.2 Å². The van der Waals surface area contributed by atoms with E-state index >= 15 is 0 Å². The number of benzene rings is 2. The maximum absolute atomic E-state index is 10.3. The van der Waals surface area contributed by atoms with E-state index in [4.69, 9.17) is 0 Å². The first-order valence-corrected chi connectivity index (χ1v) is 11.0. The molecular formula is C26H38N2O2. The molecule has 4 nitrogen and oxygen atoms in total. The standard InChI is InChI=1S/C26H38N2O2/c1-25(2,3)21-7-9-23(29)19(15-21)17-27-11-13-28(14-12-27)18-20-16-22(26(4,5)6)8-10-24(20)30/h7-10,15-16,29-30H,11-14,17-18H2,1-6H3. The van der Waals surface area contributed by atoms with Crippen LogP contribution in [-0.2, 0) is 23.9 Å². The second-order valence-corrected chi connectivity index (χ2v) is 10.7. The van der Waals surface area contributed by atoms with E-state index in [1.54, 1.807) is 0 Å². The van der Waals surface area contributed by atoms with Gasteiger partial charge in [-0.15, -0.1) is 0 Å². The molecule has 0 aliphatic carbocycles. The molecule has 0 radical (unpaired) electrons. The van der Waals surface area contributed by atoms with E-state index in [1.165, 1.54) is 11.1 Å². The number of hydrogen-bond acceptors (Lipinski definition) is 4. The maximum atomic E-state index is 10.3. The summed E-state index contributed by atoms with van der Waals surface area (Å²) >= 11 is 0. The number of hydrogen-bond donors (Lipinski definition) is 2. The number of nitrogens with zero attached hydrogens (tertiary/aromatic N) is 2. The third kappa shape index (κ3) is 5.55. The lowest BCUT2D eigenvalue weighted by Gasteiger charge is -2.35. The molecule has 1 aliphatic rings. The topological polar surface area (TPSA) is 46.9 Å². The van der Waals surface area contributed by atoms with Crippen molar-refractivity contribution in [1.29, 1.82) is 0 Å². The molecule has 2 N–H and O–H groups in total. The van der Waals surface area contributed by atoms with Crippen LogP contribution in [0.15, 0.2) is 36.4 Å². The van der Waals surface area contributed by atoms with Gasteiger partial charge in [0.1, 0.15) is 11.5 Å². The van der Waals surface area contributed by atoms with Crippen molar-refractivity contribution in [2.24, 2.45) is 0 Å². The normalized spacial score (nSPS) is 16.7. The van der Waals surface area contributed by atoms with Gasteiger partial charge in [0.25, 0.3) is 0 Å². The van der Waals surface area contributed by atoms with Gasteiger partial charge in [0.15, 0.2) is 0 Å². The fourth-order valence-corrected chi connectivity index (χ4v) is 3.94. The zero-order chi connectivity index (χ0) is 22.1. The SMILES string of the molecule is CC(C)(C)c1ccc(O)c(CN2CCN(Cc3cc(C(C)(C)C)ccc3O)CC2)c1. The molecule has 1 aliphatic heterocycles. The highest BCUT2D eigenvalue weighted by Crippen LogP contribution is 2.30. The molecule has 1 heterocycles. The minimum Gasteiger partial charge on any atom is -0.508 e. The van der Waals surface area contributed by atoms with E-state index in [2.05, 4.69) is 63.5 Å². The van der Waals surface area contributed by atoms with Gasteiger partial charge >= 0.3 is 0 Å². The summed E-state index contributed by atoms with van der Waals surface area (Å²) in [6.45, 7) is 18.6. The lowest BCUT2D eigenvalue weighted by Crippen LogP contribution is -2.45. The molecule has 3 rings (SSSR count). The van der Waals surface area contributed by atoms with Crippen molar-refractivity contribution in [3.8, 4) is 11.5 Å². The van der Waals surface area contributed by atoms with E-state index in [0.717, 1.165) is 50.4 Å². The Morgan fingerprint density at radius 1 is 0.633 bits per heavy atom. The average molecular weight is 411 g/mol. The first kappa shape index (κ1) is 22.6. The van der Waals surface area contributed by atoms with Crippen LogP contribution in [0.2, 0.25) is 0 Å². The second kappa shape index (κ2) is 8.60. The monoisotopic (exact) mass is 410 g/mol. The second-order valence-electron chi connectivity index (χ2n) is 10.7. The molecule has 0 atom stereocenters. The third-order valence-electron chi connectivity index (χ3n) is 6.14. The largest absolute Gasteiger partial charge is 0.508 e.